The van der Waals surface area contributed by atoms with E-state index in [4.69, 9.17) is 14.2 Å². The van der Waals surface area contributed by atoms with Crippen LogP contribution in [0.15, 0.2) is 36.4 Å². The fourth-order valence-corrected chi connectivity index (χ4v) is 2.47. The summed E-state index contributed by atoms with van der Waals surface area (Å²) in [6, 6.07) is 10.7. The molecule has 0 fully saturated rings. The zero-order valence-electron chi connectivity index (χ0n) is 13.4. The summed E-state index contributed by atoms with van der Waals surface area (Å²) >= 11 is 0. The van der Waals surface area contributed by atoms with E-state index in [1.54, 1.807) is 31.2 Å². The molecule has 24 heavy (non-hydrogen) atoms. The van der Waals surface area contributed by atoms with Crippen LogP contribution in [0.5, 0.6) is 17.2 Å². The molecule has 6 heteroatoms. The third-order valence-electron chi connectivity index (χ3n) is 3.61. The Morgan fingerprint density at radius 3 is 2.50 bits per heavy atom. The third-order valence-corrected chi connectivity index (χ3v) is 3.61. The van der Waals surface area contributed by atoms with Crippen LogP contribution in [-0.4, -0.2) is 31.0 Å². The molecular formula is C18H19NO5. The van der Waals surface area contributed by atoms with Gasteiger partial charge in [-0.25, -0.2) is 4.79 Å². The topological polar surface area (TPSA) is 77.0 Å². The Morgan fingerprint density at radius 1 is 1.17 bits per heavy atom. The van der Waals surface area contributed by atoms with Gasteiger partial charge in [0.2, 0.25) is 0 Å². The number of fused-ring (bicyclic) bond motifs is 1. The summed E-state index contributed by atoms with van der Waals surface area (Å²) in [6.45, 7) is 3.07. The Labute approximate surface area is 140 Å². The van der Waals surface area contributed by atoms with Gasteiger partial charge in [-0.3, -0.25) is 5.32 Å². The second-order valence-corrected chi connectivity index (χ2v) is 5.34. The predicted octanol–water partition coefficient (Wildman–Crippen LogP) is 3.32. The number of phenols is 1. The van der Waals surface area contributed by atoms with Gasteiger partial charge in [-0.05, 0) is 30.7 Å². The molecule has 3 rings (SSSR count). The molecule has 6 nitrogen and oxygen atoms in total. The molecule has 2 aromatic carbocycles. The van der Waals surface area contributed by atoms with Crippen LogP contribution in [0.2, 0.25) is 0 Å². The summed E-state index contributed by atoms with van der Waals surface area (Å²) in [5, 5.41) is 12.8. The van der Waals surface area contributed by atoms with Crippen molar-refractivity contribution in [3.8, 4) is 17.2 Å². The first-order valence-corrected chi connectivity index (χ1v) is 7.80. The monoisotopic (exact) mass is 329 g/mol. The van der Waals surface area contributed by atoms with E-state index < -0.39 is 6.09 Å². The van der Waals surface area contributed by atoms with Gasteiger partial charge in [0.15, 0.2) is 11.5 Å². The van der Waals surface area contributed by atoms with E-state index in [2.05, 4.69) is 5.32 Å². The van der Waals surface area contributed by atoms with Crippen LogP contribution in [-0.2, 0) is 11.2 Å². The van der Waals surface area contributed by atoms with Crippen LogP contribution in [0.3, 0.4) is 0 Å². The number of phenolic OH excluding ortho intramolecular Hbond substituents is 1. The maximum absolute atomic E-state index is 11.4. The van der Waals surface area contributed by atoms with Crippen molar-refractivity contribution < 1.29 is 24.1 Å². The van der Waals surface area contributed by atoms with Crippen molar-refractivity contribution >= 4 is 11.8 Å². The molecule has 0 saturated heterocycles. The van der Waals surface area contributed by atoms with Crippen molar-refractivity contribution in [2.24, 2.45) is 0 Å². The van der Waals surface area contributed by atoms with E-state index in [0.717, 1.165) is 11.1 Å². The second kappa shape index (κ2) is 7.12. The standard InChI is InChI=1S/C18H19NO5/c1-2-22-18(21)19-14-5-3-12(4-6-14)9-13-10-16-17(11-15(13)20)24-8-7-23-16/h3-6,10-11,20H,2,7-9H2,1H3,(H,19,21). The van der Waals surface area contributed by atoms with Crippen LogP contribution < -0.4 is 14.8 Å². The Hall–Kier alpha value is -2.89. The summed E-state index contributed by atoms with van der Waals surface area (Å²) in [5.74, 6) is 1.39. The molecule has 0 atom stereocenters. The number of amides is 1. The SMILES string of the molecule is CCOC(=O)Nc1ccc(Cc2cc3c(cc2O)OCCO3)cc1. The van der Waals surface area contributed by atoms with Crippen LogP contribution in [0, 0.1) is 0 Å². The molecule has 0 aromatic heterocycles. The number of ether oxygens (including phenoxy) is 3. The molecule has 0 radical (unpaired) electrons. The summed E-state index contributed by atoms with van der Waals surface area (Å²) in [4.78, 5) is 11.4. The highest BCUT2D eigenvalue weighted by molar-refractivity contribution is 5.84. The van der Waals surface area contributed by atoms with E-state index in [9.17, 15) is 9.90 Å². The maximum Gasteiger partial charge on any atom is 0.411 e. The highest BCUT2D eigenvalue weighted by Crippen LogP contribution is 2.37. The highest BCUT2D eigenvalue weighted by Gasteiger charge is 2.15. The lowest BCUT2D eigenvalue weighted by Crippen LogP contribution is -2.15. The van der Waals surface area contributed by atoms with Gasteiger partial charge in [0.1, 0.15) is 19.0 Å². The van der Waals surface area contributed by atoms with Gasteiger partial charge in [0, 0.05) is 23.7 Å². The number of aromatic hydroxyl groups is 1. The lowest BCUT2D eigenvalue weighted by molar-refractivity contribution is 0.168. The van der Waals surface area contributed by atoms with Crippen molar-refractivity contribution in [1.29, 1.82) is 0 Å². The normalized spacial score (nSPS) is 12.5. The molecule has 1 aliphatic heterocycles. The zero-order chi connectivity index (χ0) is 16.9. The molecule has 0 aliphatic carbocycles. The van der Waals surface area contributed by atoms with E-state index in [0.29, 0.717) is 43.4 Å². The first-order chi connectivity index (χ1) is 11.7. The molecule has 0 spiro atoms. The van der Waals surface area contributed by atoms with Gasteiger partial charge in [0.05, 0.1) is 6.61 Å². The Morgan fingerprint density at radius 2 is 1.83 bits per heavy atom. The second-order valence-electron chi connectivity index (χ2n) is 5.34. The average molecular weight is 329 g/mol. The minimum atomic E-state index is -0.477. The third kappa shape index (κ3) is 3.71. The molecule has 0 bridgehead atoms. The van der Waals surface area contributed by atoms with Gasteiger partial charge in [0.25, 0.3) is 0 Å². The van der Waals surface area contributed by atoms with Gasteiger partial charge >= 0.3 is 6.09 Å². The van der Waals surface area contributed by atoms with Crippen LogP contribution in [0.25, 0.3) is 0 Å². The van der Waals surface area contributed by atoms with Crippen LogP contribution in [0.1, 0.15) is 18.1 Å². The zero-order valence-corrected chi connectivity index (χ0v) is 13.4. The lowest BCUT2D eigenvalue weighted by atomic mass is 10.0. The molecule has 1 amide bonds. The minimum Gasteiger partial charge on any atom is -0.508 e. The molecule has 2 aromatic rings. The highest BCUT2D eigenvalue weighted by atomic mass is 16.6. The van der Waals surface area contributed by atoms with Crippen molar-refractivity contribution in [2.75, 3.05) is 25.1 Å². The number of rotatable bonds is 4. The summed E-state index contributed by atoms with van der Waals surface area (Å²) in [6.07, 6.45) is 0.0667. The molecule has 1 aliphatic rings. The average Bonchev–Trinajstić information content (AvgIpc) is 2.57. The molecule has 0 saturated carbocycles. The maximum atomic E-state index is 11.4. The molecular weight excluding hydrogens is 310 g/mol. The van der Waals surface area contributed by atoms with E-state index in [1.807, 2.05) is 12.1 Å². The fraction of sp³-hybridized carbons (Fsp3) is 0.278. The first kappa shape index (κ1) is 16.0. The van der Waals surface area contributed by atoms with Crippen LogP contribution >= 0.6 is 0 Å². The first-order valence-electron chi connectivity index (χ1n) is 7.80. The Balaban J connectivity index is 1.71. The molecule has 0 unspecified atom stereocenters. The Bertz CT molecular complexity index is 727. The van der Waals surface area contributed by atoms with E-state index in [-0.39, 0.29) is 5.75 Å². The van der Waals surface area contributed by atoms with Crippen LogP contribution in [0.4, 0.5) is 10.5 Å². The van der Waals surface area contributed by atoms with Crippen molar-refractivity contribution in [2.45, 2.75) is 13.3 Å². The number of hydrogen-bond donors (Lipinski definition) is 2. The van der Waals surface area contributed by atoms with Gasteiger partial charge < -0.3 is 19.3 Å². The van der Waals surface area contributed by atoms with Crippen molar-refractivity contribution in [3.63, 3.8) is 0 Å². The lowest BCUT2D eigenvalue weighted by Gasteiger charge is -2.19. The van der Waals surface area contributed by atoms with Gasteiger partial charge in [-0.2, -0.15) is 0 Å². The van der Waals surface area contributed by atoms with Crippen molar-refractivity contribution in [1.82, 2.24) is 0 Å². The molecule has 1 heterocycles. The molecule has 2 N–H and O–H groups in total. The minimum absolute atomic E-state index is 0.174. The quantitative estimate of drug-likeness (QED) is 0.900. The number of anilines is 1. The van der Waals surface area contributed by atoms with Crippen molar-refractivity contribution in [3.05, 3.63) is 47.5 Å². The van der Waals surface area contributed by atoms with E-state index >= 15 is 0 Å². The smallest absolute Gasteiger partial charge is 0.411 e. The Kier molecular flexibility index (Phi) is 4.74. The summed E-state index contributed by atoms with van der Waals surface area (Å²) in [5.41, 5.74) is 2.41. The number of benzene rings is 2. The summed E-state index contributed by atoms with van der Waals surface area (Å²) in [7, 11) is 0. The summed E-state index contributed by atoms with van der Waals surface area (Å²) < 4.78 is 15.8. The molecule has 126 valence electrons. The predicted molar refractivity (Wildman–Crippen MR) is 89.0 cm³/mol. The van der Waals surface area contributed by atoms with E-state index in [1.165, 1.54) is 0 Å². The fourth-order valence-electron chi connectivity index (χ4n) is 2.47. The largest absolute Gasteiger partial charge is 0.508 e. The number of carbonyl (C=O) groups excluding carboxylic acids is 1. The number of nitrogens with one attached hydrogen (secondary N) is 1. The van der Waals surface area contributed by atoms with Gasteiger partial charge in [-0.15, -0.1) is 0 Å². The van der Waals surface area contributed by atoms with Gasteiger partial charge in [-0.1, -0.05) is 12.1 Å². The number of hydrogen-bond acceptors (Lipinski definition) is 5. The number of carbonyl (C=O) groups is 1.